The number of rotatable bonds is 10. The maximum Gasteiger partial charge on any atom is 0.252 e. The maximum atomic E-state index is 5.69. The fourth-order valence-corrected chi connectivity index (χ4v) is 15.8. The predicted octanol–water partition coefficient (Wildman–Crippen LogP) is 19.9. The Balaban J connectivity index is 0.847. The molecule has 0 radical (unpaired) electrons. The van der Waals surface area contributed by atoms with Crippen molar-refractivity contribution < 1.29 is 0 Å². The van der Waals surface area contributed by atoms with E-state index in [1.54, 1.807) is 0 Å². The van der Waals surface area contributed by atoms with E-state index in [-0.39, 0.29) is 6.71 Å². The number of para-hydroxylation sites is 5. The molecular formula is C85H53BN8S. The standard InChI is InChI=1S/C85H53BN8S/c1-6-25-54(26-7-1)69-53-70(55-27-8-2-9-28-55)88-83(87-69)59-45-47-72(94-71-41-20-16-38-65(71)79-75(94)48-46-64-63-37-17-23-44-78(63)95-81(64)79)66(50-59)85-90-82(56-29-10-3-11-30-56)89-84(91-85)58-32-24-31-57(49-58)60-51-76-80-77(52-60)93(62-35-14-5-15-36-62)74-43-22-19-40-68(74)86(80)67-39-18-21-42-73(67)92(76)61-33-12-4-13-34-61/h1-53H. The molecule has 2 aliphatic heterocycles. The van der Waals surface area contributed by atoms with Crippen molar-refractivity contribution in [3.63, 3.8) is 0 Å². The van der Waals surface area contributed by atoms with Crippen LogP contribution in [0.5, 0.6) is 0 Å². The number of nitrogens with zero attached hydrogens (tertiary/aromatic N) is 8. The smallest absolute Gasteiger partial charge is 0.252 e. The van der Waals surface area contributed by atoms with E-state index in [1.807, 2.05) is 41.7 Å². The summed E-state index contributed by atoms with van der Waals surface area (Å²) < 4.78 is 4.91. The fourth-order valence-electron chi connectivity index (χ4n) is 14.6. The first-order valence-electron chi connectivity index (χ1n) is 32.1. The van der Waals surface area contributed by atoms with Gasteiger partial charge in [0.25, 0.3) is 6.71 Å². The van der Waals surface area contributed by atoms with Gasteiger partial charge in [0.1, 0.15) is 0 Å². The first kappa shape index (κ1) is 54.4. The van der Waals surface area contributed by atoms with E-state index in [1.165, 1.54) is 47.3 Å². The van der Waals surface area contributed by atoms with Crippen molar-refractivity contribution in [1.82, 2.24) is 29.5 Å². The van der Waals surface area contributed by atoms with Crippen LogP contribution in [0.2, 0.25) is 0 Å². The molecular weight excluding hydrogens is 1180 g/mol. The van der Waals surface area contributed by atoms with E-state index in [2.05, 4.69) is 306 Å². The van der Waals surface area contributed by atoms with Crippen LogP contribution in [-0.2, 0) is 0 Å². The lowest BCUT2D eigenvalue weighted by Gasteiger charge is -2.44. The molecule has 2 aliphatic rings. The molecule has 0 N–H and O–H groups in total. The van der Waals surface area contributed by atoms with Crippen LogP contribution in [0.3, 0.4) is 0 Å². The number of hydrogen-bond donors (Lipinski definition) is 0. The van der Waals surface area contributed by atoms with E-state index >= 15 is 0 Å². The molecule has 17 aromatic rings. The Kier molecular flexibility index (Phi) is 12.7. The SMILES string of the molecule is c1ccc(-c2cc(-c3ccccc3)nc(-c3ccc(-n4c5ccccc5c5c6sc7ccccc7c6ccc54)c(-c4nc(-c5ccccc5)nc(-c5cccc(-c6cc7c8c(c6)N(c6ccccc6)c6ccccc6B8c6ccccc6N7c6ccccc6)c5)n4)c3)n2)cc1. The molecule has 0 saturated heterocycles. The highest BCUT2D eigenvalue weighted by molar-refractivity contribution is 7.26. The van der Waals surface area contributed by atoms with Crippen molar-refractivity contribution in [2.45, 2.75) is 0 Å². The third-order valence-corrected chi connectivity index (χ3v) is 20.0. The summed E-state index contributed by atoms with van der Waals surface area (Å²) in [4.78, 5) is 32.4. The zero-order valence-corrected chi connectivity index (χ0v) is 52.0. The predicted molar refractivity (Wildman–Crippen MR) is 395 cm³/mol. The van der Waals surface area contributed by atoms with Crippen LogP contribution in [0, 0.1) is 0 Å². The second-order valence-corrected chi connectivity index (χ2v) is 25.3. The monoisotopic (exact) mass is 1230 g/mol. The van der Waals surface area contributed by atoms with Crippen LogP contribution < -0.4 is 26.2 Å². The summed E-state index contributed by atoms with van der Waals surface area (Å²) in [6.07, 6.45) is 0. The quantitative estimate of drug-likeness (QED) is 0.126. The summed E-state index contributed by atoms with van der Waals surface area (Å²) in [5.74, 6) is 2.17. The summed E-state index contributed by atoms with van der Waals surface area (Å²) in [5, 5.41) is 4.87. The average Bonchev–Trinajstić information content (AvgIpc) is 0.998. The third kappa shape index (κ3) is 9.02. The highest BCUT2D eigenvalue weighted by Gasteiger charge is 2.43. The van der Waals surface area contributed by atoms with Gasteiger partial charge >= 0.3 is 0 Å². The van der Waals surface area contributed by atoms with Gasteiger partial charge in [-0.05, 0) is 125 Å². The number of fused-ring (bicyclic) bond motifs is 11. The van der Waals surface area contributed by atoms with Crippen LogP contribution in [0.15, 0.2) is 322 Å². The number of anilines is 6. The van der Waals surface area contributed by atoms with E-state index in [9.17, 15) is 0 Å². The number of thiophene rings is 1. The first-order valence-corrected chi connectivity index (χ1v) is 32.9. The van der Waals surface area contributed by atoms with Gasteiger partial charge in [-0.25, -0.2) is 24.9 Å². The van der Waals surface area contributed by atoms with E-state index in [4.69, 9.17) is 24.9 Å². The zero-order chi connectivity index (χ0) is 62.5. The number of hydrogen-bond acceptors (Lipinski definition) is 8. The minimum absolute atomic E-state index is 0.0132. The van der Waals surface area contributed by atoms with Crippen molar-refractivity contribution in [2.24, 2.45) is 0 Å². The lowest BCUT2D eigenvalue weighted by Crippen LogP contribution is -2.61. The van der Waals surface area contributed by atoms with Crippen molar-refractivity contribution in [3.8, 4) is 84.9 Å². The van der Waals surface area contributed by atoms with Gasteiger partial charge in [-0.15, -0.1) is 11.3 Å². The molecule has 0 atom stereocenters. The van der Waals surface area contributed by atoms with E-state index in [0.29, 0.717) is 23.3 Å². The molecule has 0 saturated carbocycles. The first-order chi connectivity index (χ1) is 47.1. The van der Waals surface area contributed by atoms with E-state index < -0.39 is 0 Å². The fraction of sp³-hybridized carbons (Fsp3) is 0. The molecule has 6 heterocycles. The molecule has 0 unspecified atom stereocenters. The molecule has 95 heavy (non-hydrogen) atoms. The molecule has 10 heteroatoms. The van der Waals surface area contributed by atoms with Crippen molar-refractivity contribution in [1.29, 1.82) is 0 Å². The summed E-state index contributed by atoms with van der Waals surface area (Å²) in [5.41, 5.74) is 22.6. The minimum Gasteiger partial charge on any atom is -0.311 e. The minimum atomic E-state index is -0.0132. The van der Waals surface area contributed by atoms with Gasteiger partial charge in [0.05, 0.1) is 28.1 Å². The second-order valence-electron chi connectivity index (χ2n) is 24.3. The van der Waals surface area contributed by atoms with Gasteiger partial charge in [0.2, 0.25) is 0 Å². The number of aromatic nitrogens is 6. The summed E-state index contributed by atoms with van der Waals surface area (Å²) in [6.45, 7) is -0.0132. The van der Waals surface area contributed by atoms with Crippen molar-refractivity contribution in [3.05, 3.63) is 322 Å². The van der Waals surface area contributed by atoms with Crippen LogP contribution in [0.25, 0.3) is 127 Å². The Labute approximate surface area is 552 Å². The molecule has 0 spiro atoms. The molecule has 19 rings (SSSR count). The van der Waals surface area contributed by atoms with Gasteiger partial charge in [-0.2, -0.15) is 0 Å². The average molecular weight is 1230 g/mol. The lowest BCUT2D eigenvalue weighted by molar-refractivity contribution is 1.06. The van der Waals surface area contributed by atoms with Gasteiger partial charge in [0, 0.05) is 98.4 Å². The molecule has 0 fully saturated rings. The van der Waals surface area contributed by atoms with Gasteiger partial charge in [-0.1, -0.05) is 224 Å². The normalized spacial score (nSPS) is 12.4. The summed E-state index contributed by atoms with van der Waals surface area (Å²) >= 11 is 1.85. The largest absolute Gasteiger partial charge is 0.311 e. The third-order valence-electron chi connectivity index (χ3n) is 18.8. The molecule has 0 bridgehead atoms. The van der Waals surface area contributed by atoms with Gasteiger partial charge in [0.15, 0.2) is 23.3 Å². The Hall–Kier alpha value is -12.4. The Bertz CT molecular complexity index is 5710. The second kappa shape index (κ2) is 22.2. The lowest BCUT2D eigenvalue weighted by atomic mass is 9.33. The van der Waals surface area contributed by atoms with Crippen molar-refractivity contribution in [2.75, 3.05) is 9.80 Å². The molecule has 442 valence electrons. The molecule has 8 nitrogen and oxygen atoms in total. The van der Waals surface area contributed by atoms with Crippen LogP contribution in [-0.4, -0.2) is 36.2 Å². The summed E-state index contributed by atoms with van der Waals surface area (Å²) in [6, 6.07) is 115. The van der Waals surface area contributed by atoms with Crippen molar-refractivity contribution >= 4 is 111 Å². The summed E-state index contributed by atoms with van der Waals surface area (Å²) in [7, 11) is 0. The van der Waals surface area contributed by atoms with E-state index in [0.717, 1.165) is 107 Å². The van der Waals surface area contributed by atoms with Crippen LogP contribution in [0.4, 0.5) is 34.1 Å². The highest BCUT2D eigenvalue weighted by Crippen LogP contribution is 2.48. The Morgan fingerprint density at radius 3 is 1.42 bits per heavy atom. The van der Waals surface area contributed by atoms with Crippen LogP contribution in [0.1, 0.15) is 0 Å². The molecule has 0 aliphatic carbocycles. The van der Waals surface area contributed by atoms with Gasteiger partial charge < -0.3 is 14.4 Å². The topological polar surface area (TPSA) is 75.9 Å². The molecule has 0 amide bonds. The molecule has 13 aromatic carbocycles. The van der Waals surface area contributed by atoms with Gasteiger partial charge in [-0.3, -0.25) is 0 Å². The molecule has 4 aromatic heterocycles. The Morgan fingerprint density at radius 2 is 0.779 bits per heavy atom. The maximum absolute atomic E-state index is 5.69. The highest BCUT2D eigenvalue weighted by atomic mass is 32.1. The Morgan fingerprint density at radius 1 is 0.284 bits per heavy atom. The zero-order valence-electron chi connectivity index (χ0n) is 51.2. The van der Waals surface area contributed by atoms with Crippen LogP contribution >= 0.6 is 11.3 Å². The number of benzene rings is 13.